The number of anilines is 1. The monoisotopic (exact) mass is 275 g/mol. The normalized spacial score (nSPS) is 10.8. The molecule has 20 heavy (non-hydrogen) atoms. The van der Waals surface area contributed by atoms with Crippen molar-refractivity contribution in [1.82, 2.24) is 20.4 Å². The fourth-order valence-electron chi connectivity index (χ4n) is 1.62. The van der Waals surface area contributed by atoms with Crippen molar-refractivity contribution in [2.75, 3.05) is 5.73 Å². The Morgan fingerprint density at radius 3 is 2.85 bits per heavy atom. The van der Waals surface area contributed by atoms with E-state index in [4.69, 9.17) is 10.3 Å². The van der Waals surface area contributed by atoms with Gasteiger partial charge < -0.3 is 15.6 Å². The number of aryl methyl sites for hydroxylation is 1. The van der Waals surface area contributed by atoms with E-state index in [1.54, 1.807) is 6.07 Å². The van der Waals surface area contributed by atoms with Gasteiger partial charge >= 0.3 is 0 Å². The molecule has 0 radical (unpaired) electrons. The molecule has 2 aromatic rings. The third kappa shape index (κ3) is 3.11. The summed E-state index contributed by atoms with van der Waals surface area (Å²) in [6, 6.07) is 1.75. The number of nitrogen functional groups attached to an aromatic ring is 1. The Labute approximate surface area is 116 Å². The van der Waals surface area contributed by atoms with Gasteiger partial charge in [0.15, 0.2) is 11.5 Å². The molecule has 2 rings (SSSR count). The van der Waals surface area contributed by atoms with Crippen LogP contribution < -0.4 is 11.1 Å². The van der Waals surface area contributed by atoms with E-state index < -0.39 is 0 Å². The van der Waals surface area contributed by atoms with Gasteiger partial charge in [0.25, 0.3) is 5.91 Å². The van der Waals surface area contributed by atoms with E-state index in [1.165, 1.54) is 6.20 Å². The Balaban J connectivity index is 2.10. The number of aromatic nitrogens is 3. The molecular weight excluding hydrogens is 258 g/mol. The van der Waals surface area contributed by atoms with Gasteiger partial charge in [0.05, 0.1) is 24.1 Å². The fourth-order valence-corrected chi connectivity index (χ4v) is 1.62. The average Bonchev–Trinajstić information content (AvgIpc) is 2.82. The third-order valence-electron chi connectivity index (χ3n) is 2.67. The Morgan fingerprint density at radius 1 is 1.50 bits per heavy atom. The number of nitrogens with two attached hydrogens (primary N) is 1. The molecular formula is C13H17N5O2. The highest BCUT2D eigenvalue weighted by Crippen LogP contribution is 2.13. The summed E-state index contributed by atoms with van der Waals surface area (Å²) in [4.78, 5) is 20.4. The van der Waals surface area contributed by atoms with Gasteiger partial charge in [0.2, 0.25) is 0 Å². The van der Waals surface area contributed by atoms with Crippen LogP contribution in [0.25, 0.3) is 0 Å². The van der Waals surface area contributed by atoms with Gasteiger partial charge in [-0.1, -0.05) is 19.0 Å². The van der Waals surface area contributed by atoms with Crippen molar-refractivity contribution >= 4 is 11.6 Å². The molecule has 0 bridgehead atoms. The molecule has 7 heteroatoms. The largest absolute Gasteiger partial charge is 0.396 e. The van der Waals surface area contributed by atoms with Crippen LogP contribution in [0.15, 0.2) is 16.8 Å². The highest BCUT2D eigenvalue weighted by atomic mass is 16.5. The molecule has 0 aromatic carbocycles. The van der Waals surface area contributed by atoms with Crippen molar-refractivity contribution in [1.29, 1.82) is 0 Å². The van der Waals surface area contributed by atoms with Gasteiger partial charge in [-0.15, -0.1) is 0 Å². The predicted octanol–water partition coefficient (Wildman–Crippen LogP) is 1.41. The number of rotatable bonds is 4. The summed E-state index contributed by atoms with van der Waals surface area (Å²) < 4.78 is 5.01. The van der Waals surface area contributed by atoms with Crippen LogP contribution in [-0.2, 0) is 6.54 Å². The molecule has 7 nitrogen and oxygen atoms in total. The number of carbonyl (C=O) groups excluding carboxylic acids is 1. The molecule has 0 saturated heterocycles. The number of nitrogens with zero attached hydrogens (tertiary/aromatic N) is 3. The summed E-state index contributed by atoms with van der Waals surface area (Å²) >= 11 is 0. The number of amides is 1. The fraction of sp³-hybridized carbons (Fsp3) is 0.385. The van der Waals surface area contributed by atoms with Crippen molar-refractivity contribution in [3.63, 3.8) is 0 Å². The van der Waals surface area contributed by atoms with Gasteiger partial charge in [-0.3, -0.25) is 4.79 Å². The minimum atomic E-state index is -0.360. The lowest BCUT2D eigenvalue weighted by Gasteiger charge is -2.08. The summed E-state index contributed by atoms with van der Waals surface area (Å²) in [5.41, 5.74) is 6.94. The first-order valence-corrected chi connectivity index (χ1v) is 6.30. The van der Waals surface area contributed by atoms with Crippen molar-refractivity contribution in [3.8, 4) is 0 Å². The van der Waals surface area contributed by atoms with Crippen LogP contribution in [0.1, 0.15) is 47.5 Å². The van der Waals surface area contributed by atoms with Gasteiger partial charge in [0.1, 0.15) is 5.82 Å². The molecule has 2 heterocycles. The van der Waals surface area contributed by atoms with E-state index in [2.05, 4.69) is 20.4 Å². The maximum absolute atomic E-state index is 12.1. The van der Waals surface area contributed by atoms with Crippen molar-refractivity contribution in [2.45, 2.75) is 33.2 Å². The molecule has 0 aliphatic carbocycles. The standard InChI is InChI=1S/C13H17N5O2/c1-7(2)12-15-6-10(14)11(17-12)13(19)16-5-9-4-8(3)18-20-9/h4,6-7H,5,14H2,1-3H3,(H,16,19). The van der Waals surface area contributed by atoms with Crippen LogP contribution in [0.5, 0.6) is 0 Å². The quantitative estimate of drug-likeness (QED) is 0.873. The first-order valence-electron chi connectivity index (χ1n) is 6.30. The Bertz CT molecular complexity index is 621. The predicted molar refractivity (Wildman–Crippen MR) is 72.9 cm³/mol. The maximum Gasteiger partial charge on any atom is 0.272 e. The van der Waals surface area contributed by atoms with E-state index in [-0.39, 0.29) is 29.8 Å². The van der Waals surface area contributed by atoms with Gasteiger partial charge in [-0.25, -0.2) is 9.97 Å². The van der Waals surface area contributed by atoms with Crippen LogP contribution in [0.3, 0.4) is 0 Å². The second-order valence-corrected chi connectivity index (χ2v) is 4.80. The summed E-state index contributed by atoms with van der Waals surface area (Å²) in [5, 5.41) is 6.44. The molecule has 0 fully saturated rings. The Kier molecular flexibility index (Phi) is 3.97. The SMILES string of the molecule is Cc1cc(CNC(=O)c2nc(C(C)C)ncc2N)on1. The summed E-state index contributed by atoms with van der Waals surface area (Å²) in [7, 11) is 0. The van der Waals surface area contributed by atoms with E-state index in [9.17, 15) is 4.79 Å². The Morgan fingerprint density at radius 2 is 2.25 bits per heavy atom. The van der Waals surface area contributed by atoms with E-state index in [0.717, 1.165) is 5.69 Å². The highest BCUT2D eigenvalue weighted by Gasteiger charge is 2.15. The number of nitrogens with one attached hydrogen (secondary N) is 1. The molecule has 0 spiro atoms. The third-order valence-corrected chi connectivity index (χ3v) is 2.67. The van der Waals surface area contributed by atoms with Crippen LogP contribution >= 0.6 is 0 Å². The first kappa shape index (κ1) is 14.0. The molecule has 106 valence electrons. The van der Waals surface area contributed by atoms with Crippen LogP contribution in [0.2, 0.25) is 0 Å². The van der Waals surface area contributed by atoms with Gasteiger partial charge in [-0.2, -0.15) is 0 Å². The zero-order valence-electron chi connectivity index (χ0n) is 11.7. The number of hydrogen-bond acceptors (Lipinski definition) is 6. The number of hydrogen-bond donors (Lipinski definition) is 2. The maximum atomic E-state index is 12.1. The smallest absolute Gasteiger partial charge is 0.272 e. The zero-order valence-corrected chi connectivity index (χ0v) is 11.7. The van der Waals surface area contributed by atoms with Gasteiger partial charge in [-0.05, 0) is 6.92 Å². The molecule has 0 aliphatic rings. The van der Waals surface area contributed by atoms with Gasteiger partial charge in [0, 0.05) is 12.0 Å². The van der Waals surface area contributed by atoms with E-state index in [0.29, 0.717) is 11.6 Å². The van der Waals surface area contributed by atoms with Crippen LogP contribution in [0, 0.1) is 6.92 Å². The molecule has 0 saturated carbocycles. The average molecular weight is 275 g/mol. The lowest BCUT2D eigenvalue weighted by Crippen LogP contribution is -2.25. The minimum absolute atomic E-state index is 0.124. The second-order valence-electron chi connectivity index (χ2n) is 4.80. The number of carbonyl (C=O) groups is 1. The zero-order chi connectivity index (χ0) is 14.7. The van der Waals surface area contributed by atoms with Crippen LogP contribution in [0.4, 0.5) is 5.69 Å². The first-order chi connectivity index (χ1) is 9.47. The molecule has 0 atom stereocenters. The molecule has 3 N–H and O–H groups in total. The topological polar surface area (TPSA) is 107 Å². The molecule has 0 unspecified atom stereocenters. The Hall–Kier alpha value is -2.44. The second kappa shape index (κ2) is 5.68. The highest BCUT2D eigenvalue weighted by molar-refractivity contribution is 5.96. The minimum Gasteiger partial charge on any atom is -0.396 e. The summed E-state index contributed by atoms with van der Waals surface area (Å²) in [6.45, 7) is 5.95. The molecule has 1 amide bonds. The summed E-state index contributed by atoms with van der Waals surface area (Å²) in [6.07, 6.45) is 1.45. The lowest BCUT2D eigenvalue weighted by molar-refractivity contribution is 0.0942. The van der Waals surface area contributed by atoms with E-state index in [1.807, 2.05) is 20.8 Å². The van der Waals surface area contributed by atoms with Crippen molar-refractivity contribution in [3.05, 3.63) is 35.2 Å². The van der Waals surface area contributed by atoms with Crippen molar-refractivity contribution in [2.24, 2.45) is 0 Å². The van der Waals surface area contributed by atoms with Crippen molar-refractivity contribution < 1.29 is 9.32 Å². The summed E-state index contributed by atoms with van der Waals surface area (Å²) in [5.74, 6) is 0.923. The van der Waals surface area contributed by atoms with E-state index >= 15 is 0 Å². The lowest BCUT2D eigenvalue weighted by atomic mass is 10.2. The molecule has 2 aromatic heterocycles. The molecule has 0 aliphatic heterocycles. The van der Waals surface area contributed by atoms with Crippen LogP contribution in [-0.4, -0.2) is 21.0 Å².